The van der Waals surface area contributed by atoms with E-state index in [9.17, 15) is 13.6 Å². The Bertz CT molecular complexity index is 1010. The highest BCUT2D eigenvalue weighted by Crippen LogP contribution is 2.51. The number of rotatable bonds is 3. The number of carbonyl (C=O) groups is 1. The number of hydrogen-bond acceptors (Lipinski definition) is 5. The third-order valence-corrected chi connectivity index (χ3v) is 5.85. The van der Waals surface area contributed by atoms with Crippen LogP contribution in [0.3, 0.4) is 0 Å². The van der Waals surface area contributed by atoms with Crippen LogP contribution in [0.15, 0.2) is 36.5 Å². The maximum atomic E-state index is 13.6. The summed E-state index contributed by atoms with van der Waals surface area (Å²) in [7, 11) is 0. The zero-order valence-corrected chi connectivity index (χ0v) is 15.3. The van der Waals surface area contributed by atoms with Gasteiger partial charge in [0.25, 0.3) is 5.91 Å². The highest BCUT2D eigenvalue weighted by Gasteiger charge is 2.63. The van der Waals surface area contributed by atoms with Crippen molar-refractivity contribution in [1.82, 2.24) is 9.88 Å². The Morgan fingerprint density at radius 3 is 2.69 bits per heavy atom. The number of fused-ring (bicyclic) bond motifs is 1. The average molecular weight is 397 g/mol. The lowest BCUT2D eigenvalue weighted by Crippen LogP contribution is -2.56. The number of aromatic nitrogens is 1. The largest absolute Gasteiger partial charge is 0.474 e. The Labute approximate surface area is 165 Å². The molecule has 1 aromatic carbocycles. The molecule has 2 aromatic rings. The average Bonchev–Trinajstić information content (AvgIpc) is 3.19. The van der Waals surface area contributed by atoms with Gasteiger partial charge in [-0.25, -0.2) is 13.8 Å². The number of amides is 1. The Morgan fingerprint density at radius 2 is 1.97 bits per heavy atom. The minimum absolute atomic E-state index is 0.159. The minimum atomic E-state index is -0.952. The van der Waals surface area contributed by atoms with E-state index in [0.29, 0.717) is 42.7 Å². The van der Waals surface area contributed by atoms with Gasteiger partial charge in [0.2, 0.25) is 5.88 Å². The van der Waals surface area contributed by atoms with Gasteiger partial charge in [0.05, 0.1) is 17.7 Å². The molecule has 29 heavy (non-hydrogen) atoms. The molecule has 0 N–H and O–H groups in total. The monoisotopic (exact) mass is 397 g/mol. The normalized spacial score (nSPS) is 30.2. The highest BCUT2D eigenvalue weighted by atomic mass is 19.1. The maximum Gasteiger partial charge on any atom is 0.257 e. The predicted molar refractivity (Wildman–Crippen MR) is 95.4 cm³/mol. The first-order chi connectivity index (χ1) is 14.0. The van der Waals surface area contributed by atoms with E-state index in [-0.39, 0.29) is 18.2 Å². The van der Waals surface area contributed by atoms with Gasteiger partial charge in [-0.3, -0.25) is 4.79 Å². The number of hydrogen-bond donors (Lipinski definition) is 0. The highest BCUT2D eigenvalue weighted by molar-refractivity contribution is 5.89. The van der Waals surface area contributed by atoms with Gasteiger partial charge in [-0.15, -0.1) is 0 Å². The van der Waals surface area contributed by atoms with Crippen LogP contribution in [0.25, 0.3) is 0 Å². The Hall–Kier alpha value is -3.05. The van der Waals surface area contributed by atoms with E-state index in [2.05, 4.69) is 4.98 Å². The molecule has 1 amide bonds. The van der Waals surface area contributed by atoms with Crippen molar-refractivity contribution in [2.75, 3.05) is 0 Å². The van der Waals surface area contributed by atoms with E-state index in [1.807, 2.05) is 6.07 Å². The number of carbonyl (C=O) groups excluding carboxylic acids is 1. The first kappa shape index (κ1) is 18.0. The van der Waals surface area contributed by atoms with E-state index in [1.165, 1.54) is 18.3 Å². The van der Waals surface area contributed by atoms with Crippen LogP contribution in [-0.4, -0.2) is 33.7 Å². The topological polar surface area (TPSA) is 75.5 Å². The van der Waals surface area contributed by atoms with E-state index in [0.717, 1.165) is 6.07 Å². The molecule has 2 atom stereocenters. The lowest BCUT2D eigenvalue weighted by atomic mass is 9.76. The summed E-state index contributed by atoms with van der Waals surface area (Å²) in [5, 5.41) is 8.96. The summed E-state index contributed by atoms with van der Waals surface area (Å²) in [5.74, 6) is -1.14. The molecule has 2 aliphatic heterocycles. The molecule has 2 saturated heterocycles. The fourth-order valence-electron chi connectivity index (χ4n) is 4.55. The summed E-state index contributed by atoms with van der Waals surface area (Å²) < 4.78 is 39.2. The standard InChI is InChI=1S/C21H17F2N3O3/c22-14-6-13(7-15(23)8-14)17-1-2-19-26(17)20(27)21(29-19)9-16(10-21)28-18-5-12(11-24)3-4-25-18/h3-8,16-17,19H,1-2,9-10H2/t16?,17-,19+,21?/m0/s1. The summed E-state index contributed by atoms with van der Waals surface area (Å²) in [6, 6.07) is 8.14. The first-order valence-electron chi connectivity index (χ1n) is 9.47. The molecule has 0 bridgehead atoms. The summed E-state index contributed by atoms with van der Waals surface area (Å²) in [6.45, 7) is 0. The molecule has 1 aromatic heterocycles. The van der Waals surface area contributed by atoms with Crippen LogP contribution >= 0.6 is 0 Å². The van der Waals surface area contributed by atoms with Crippen LogP contribution in [0.2, 0.25) is 0 Å². The second kappa shape index (κ2) is 6.49. The maximum absolute atomic E-state index is 13.6. The molecule has 3 fully saturated rings. The number of benzene rings is 1. The Morgan fingerprint density at radius 1 is 1.21 bits per heavy atom. The van der Waals surface area contributed by atoms with Crippen molar-refractivity contribution in [1.29, 1.82) is 5.26 Å². The van der Waals surface area contributed by atoms with Gasteiger partial charge in [-0.05, 0) is 36.6 Å². The first-order valence-corrected chi connectivity index (χ1v) is 9.47. The fraction of sp³-hybridized carbons (Fsp3) is 0.381. The van der Waals surface area contributed by atoms with E-state index in [1.54, 1.807) is 17.0 Å². The van der Waals surface area contributed by atoms with Crippen LogP contribution < -0.4 is 4.74 Å². The molecule has 5 rings (SSSR count). The lowest BCUT2D eigenvalue weighted by Gasteiger charge is -2.42. The number of halogens is 2. The molecule has 1 spiro atoms. The van der Waals surface area contributed by atoms with Crippen molar-refractivity contribution < 1.29 is 23.0 Å². The van der Waals surface area contributed by atoms with Gasteiger partial charge in [-0.2, -0.15) is 5.26 Å². The third-order valence-electron chi connectivity index (χ3n) is 5.85. The van der Waals surface area contributed by atoms with Gasteiger partial charge in [0.1, 0.15) is 24.0 Å². The van der Waals surface area contributed by atoms with Gasteiger partial charge >= 0.3 is 0 Å². The predicted octanol–water partition coefficient (Wildman–Crippen LogP) is 3.23. The Balaban J connectivity index is 1.30. The summed E-state index contributed by atoms with van der Waals surface area (Å²) >= 11 is 0. The molecule has 3 heterocycles. The molecule has 0 unspecified atom stereocenters. The smallest absolute Gasteiger partial charge is 0.257 e. The van der Waals surface area contributed by atoms with E-state index in [4.69, 9.17) is 14.7 Å². The van der Waals surface area contributed by atoms with Crippen molar-refractivity contribution in [3.05, 3.63) is 59.3 Å². The van der Waals surface area contributed by atoms with Gasteiger partial charge in [-0.1, -0.05) is 0 Å². The second-order valence-electron chi connectivity index (χ2n) is 7.72. The third kappa shape index (κ3) is 2.93. The van der Waals surface area contributed by atoms with Crippen molar-refractivity contribution in [2.24, 2.45) is 0 Å². The molecule has 8 heteroatoms. The molecule has 3 aliphatic rings. The van der Waals surface area contributed by atoms with Crippen LogP contribution in [0.1, 0.15) is 42.9 Å². The lowest BCUT2D eigenvalue weighted by molar-refractivity contribution is -0.162. The zero-order valence-electron chi connectivity index (χ0n) is 15.3. The number of nitriles is 1. The van der Waals surface area contributed by atoms with Crippen molar-refractivity contribution in [3.63, 3.8) is 0 Å². The number of nitrogens with zero attached hydrogens (tertiary/aromatic N) is 3. The summed E-state index contributed by atoms with van der Waals surface area (Å²) in [4.78, 5) is 18.9. The molecule has 0 radical (unpaired) electrons. The van der Waals surface area contributed by atoms with Gasteiger partial charge < -0.3 is 14.4 Å². The van der Waals surface area contributed by atoms with Crippen molar-refractivity contribution in [2.45, 2.75) is 49.7 Å². The molecular formula is C21H17F2N3O3. The van der Waals surface area contributed by atoms with Gasteiger partial charge in [0.15, 0.2) is 5.60 Å². The molecule has 1 aliphatic carbocycles. The molecule has 1 saturated carbocycles. The van der Waals surface area contributed by atoms with Crippen molar-refractivity contribution >= 4 is 5.91 Å². The van der Waals surface area contributed by atoms with Gasteiger partial charge in [0, 0.05) is 31.2 Å². The van der Waals surface area contributed by atoms with E-state index >= 15 is 0 Å². The SMILES string of the molecule is N#Cc1ccnc(OC2CC3(C2)O[C@@H]2CC[C@@H](c4cc(F)cc(F)c4)N2C3=O)c1. The molecule has 148 valence electrons. The zero-order chi connectivity index (χ0) is 20.2. The van der Waals surface area contributed by atoms with E-state index < -0.39 is 23.3 Å². The summed E-state index contributed by atoms with van der Waals surface area (Å²) in [5.41, 5.74) is -0.0566. The number of ether oxygens (including phenoxy) is 2. The quantitative estimate of drug-likeness (QED) is 0.795. The van der Waals surface area contributed by atoms with Crippen LogP contribution in [0.4, 0.5) is 8.78 Å². The van der Waals surface area contributed by atoms with Crippen molar-refractivity contribution in [3.8, 4) is 11.9 Å². The van der Waals surface area contributed by atoms with Crippen LogP contribution in [-0.2, 0) is 9.53 Å². The van der Waals surface area contributed by atoms with Crippen LogP contribution in [0, 0.1) is 23.0 Å². The second-order valence-corrected chi connectivity index (χ2v) is 7.72. The number of pyridine rings is 1. The minimum Gasteiger partial charge on any atom is -0.474 e. The molecule has 6 nitrogen and oxygen atoms in total. The summed E-state index contributed by atoms with van der Waals surface area (Å²) in [6.07, 6.45) is 2.83. The Kier molecular flexibility index (Phi) is 4.03. The molecular weight excluding hydrogens is 380 g/mol. The fourth-order valence-corrected chi connectivity index (χ4v) is 4.55. The van der Waals surface area contributed by atoms with Crippen LogP contribution in [0.5, 0.6) is 5.88 Å².